The van der Waals surface area contributed by atoms with Crippen LogP contribution >= 0.6 is 0 Å². The molecule has 2 aromatic rings. The monoisotopic (exact) mass is 326 g/mol. The highest BCUT2D eigenvalue weighted by atomic mass is 19.1. The van der Waals surface area contributed by atoms with E-state index >= 15 is 0 Å². The fourth-order valence-corrected chi connectivity index (χ4v) is 3.38. The molecule has 1 aromatic carbocycles. The lowest BCUT2D eigenvalue weighted by Crippen LogP contribution is -2.44. The zero-order chi connectivity index (χ0) is 17.3. The minimum Gasteiger partial charge on any atom is -0.370 e. The summed E-state index contributed by atoms with van der Waals surface area (Å²) in [5.41, 5.74) is 2.66. The molecule has 0 saturated carbocycles. The van der Waals surface area contributed by atoms with Crippen LogP contribution in [0.25, 0.3) is 10.9 Å². The zero-order valence-corrected chi connectivity index (χ0v) is 13.8. The second-order valence-electron chi connectivity index (χ2n) is 6.21. The van der Waals surface area contributed by atoms with Gasteiger partial charge in [-0.05, 0) is 37.5 Å². The van der Waals surface area contributed by atoms with E-state index in [0.717, 1.165) is 29.6 Å². The smallest absolute Gasteiger partial charge is 0.217 e. The van der Waals surface area contributed by atoms with Crippen LogP contribution in [-0.4, -0.2) is 30.0 Å². The number of rotatable bonds is 2. The second kappa shape index (κ2) is 6.44. The first-order chi connectivity index (χ1) is 11.5. The minimum atomic E-state index is -0.328. The molecule has 2 heterocycles. The number of halogens is 1. The molecule has 6 heteroatoms. The topological polar surface area (TPSA) is 69.0 Å². The molecule has 124 valence electrons. The van der Waals surface area contributed by atoms with Gasteiger partial charge in [0.1, 0.15) is 11.9 Å². The van der Waals surface area contributed by atoms with Crippen molar-refractivity contribution in [2.45, 2.75) is 32.7 Å². The summed E-state index contributed by atoms with van der Waals surface area (Å²) >= 11 is 0. The SMILES string of the molecule is CC(=O)NC1CCN(c2c(C#N)cnc3c(C)cc(F)cc23)CC1. The zero-order valence-electron chi connectivity index (χ0n) is 13.8. The van der Waals surface area contributed by atoms with E-state index < -0.39 is 0 Å². The molecule has 24 heavy (non-hydrogen) atoms. The van der Waals surface area contributed by atoms with E-state index in [-0.39, 0.29) is 17.8 Å². The van der Waals surface area contributed by atoms with Crippen LogP contribution in [0, 0.1) is 24.1 Å². The number of benzene rings is 1. The van der Waals surface area contributed by atoms with Crippen molar-refractivity contribution in [1.82, 2.24) is 10.3 Å². The number of aryl methyl sites for hydroxylation is 1. The van der Waals surface area contributed by atoms with Crippen LogP contribution in [0.1, 0.15) is 30.9 Å². The molecule has 0 atom stereocenters. The Kier molecular flexibility index (Phi) is 4.34. The number of pyridine rings is 1. The highest BCUT2D eigenvalue weighted by molar-refractivity contribution is 5.96. The van der Waals surface area contributed by atoms with Gasteiger partial charge in [0.15, 0.2) is 0 Å². The van der Waals surface area contributed by atoms with Gasteiger partial charge in [-0.3, -0.25) is 9.78 Å². The standard InChI is InChI=1S/C18H19FN4O/c1-11-7-14(19)8-16-17(11)21-10-13(9-20)18(16)23-5-3-15(4-6-23)22-12(2)24/h7-8,10,15H,3-6H2,1-2H3,(H,22,24). The van der Waals surface area contributed by atoms with Crippen LogP contribution in [0.2, 0.25) is 0 Å². The molecule has 0 aliphatic carbocycles. The number of carbonyl (C=O) groups excluding carboxylic acids is 1. The Hall–Kier alpha value is -2.68. The molecule has 1 fully saturated rings. The maximum absolute atomic E-state index is 13.9. The molecule has 0 unspecified atom stereocenters. The Morgan fingerprint density at radius 2 is 2.12 bits per heavy atom. The fourth-order valence-electron chi connectivity index (χ4n) is 3.38. The molecule has 0 bridgehead atoms. The Balaban J connectivity index is 2.00. The van der Waals surface area contributed by atoms with Crippen LogP contribution in [-0.2, 0) is 4.79 Å². The highest BCUT2D eigenvalue weighted by Gasteiger charge is 2.24. The van der Waals surface area contributed by atoms with Crippen molar-refractivity contribution in [2.24, 2.45) is 0 Å². The third-order valence-electron chi connectivity index (χ3n) is 4.44. The highest BCUT2D eigenvalue weighted by Crippen LogP contribution is 2.33. The first-order valence-electron chi connectivity index (χ1n) is 8.00. The molecule has 1 aromatic heterocycles. The average molecular weight is 326 g/mol. The third kappa shape index (κ3) is 3.02. The summed E-state index contributed by atoms with van der Waals surface area (Å²) in [6.07, 6.45) is 3.15. The molecular formula is C18H19FN4O. The molecule has 5 nitrogen and oxygen atoms in total. The van der Waals surface area contributed by atoms with E-state index in [1.165, 1.54) is 19.1 Å². The van der Waals surface area contributed by atoms with Crippen molar-refractivity contribution in [2.75, 3.05) is 18.0 Å². The molecule has 1 aliphatic rings. The Bertz CT molecular complexity index is 835. The van der Waals surface area contributed by atoms with Crippen LogP contribution < -0.4 is 10.2 Å². The number of hydrogen-bond acceptors (Lipinski definition) is 4. The molecule has 3 rings (SSSR count). The van der Waals surface area contributed by atoms with Crippen molar-refractivity contribution in [3.8, 4) is 6.07 Å². The Morgan fingerprint density at radius 3 is 2.75 bits per heavy atom. The van der Waals surface area contributed by atoms with Gasteiger partial charge in [-0.2, -0.15) is 5.26 Å². The summed E-state index contributed by atoms with van der Waals surface area (Å²) in [6, 6.07) is 5.22. The lowest BCUT2D eigenvalue weighted by molar-refractivity contribution is -0.119. The van der Waals surface area contributed by atoms with Gasteiger partial charge >= 0.3 is 0 Å². The van der Waals surface area contributed by atoms with E-state index in [9.17, 15) is 14.4 Å². The molecule has 0 spiro atoms. The number of anilines is 1. The maximum atomic E-state index is 13.9. The number of carbonyl (C=O) groups is 1. The first-order valence-corrected chi connectivity index (χ1v) is 8.00. The van der Waals surface area contributed by atoms with E-state index in [1.807, 2.05) is 6.92 Å². The maximum Gasteiger partial charge on any atom is 0.217 e. The second-order valence-corrected chi connectivity index (χ2v) is 6.21. The number of aromatic nitrogens is 1. The summed E-state index contributed by atoms with van der Waals surface area (Å²) < 4.78 is 13.9. The van der Waals surface area contributed by atoms with Gasteiger partial charge in [-0.15, -0.1) is 0 Å². The van der Waals surface area contributed by atoms with Crippen molar-refractivity contribution >= 4 is 22.5 Å². The van der Waals surface area contributed by atoms with Gasteiger partial charge in [-0.1, -0.05) is 0 Å². The summed E-state index contributed by atoms with van der Waals surface area (Å²) in [6.45, 7) is 4.74. The first kappa shape index (κ1) is 16.2. The van der Waals surface area contributed by atoms with Gasteiger partial charge in [0.05, 0.1) is 16.8 Å². The number of nitrogens with one attached hydrogen (secondary N) is 1. The number of hydrogen-bond donors (Lipinski definition) is 1. The average Bonchev–Trinajstić information content (AvgIpc) is 2.54. The minimum absolute atomic E-state index is 0.0294. The normalized spacial score (nSPS) is 15.3. The summed E-state index contributed by atoms with van der Waals surface area (Å²) in [7, 11) is 0. The number of fused-ring (bicyclic) bond motifs is 1. The van der Waals surface area contributed by atoms with Gasteiger partial charge in [0.25, 0.3) is 0 Å². The molecular weight excluding hydrogens is 307 g/mol. The van der Waals surface area contributed by atoms with Gasteiger partial charge in [0, 0.05) is 37.6 Å². The predicted molar refractivity (Wildman–Crippen MR) is 90.2 cm³/mol. The molecule has 0 radical (unpaired) electrons. The van der Waals surface area contributed by atoms with Crippen molar-refractivity contribution in [3.05, 3.63) is 35.3 Å². The van der Waals surface area contributed by atoms with Crippen LogP contribution in [0.5, 0.6) is 0 Å². The lowest BCUT2D eigenvalue weighted by atomic mass is 10.0. The number of piperidine rings is 1. The number of nitrogens with zero attached hydrogens (tertiary/aromatic N) is 3. The predicted octanol–water partition coefficient (Wildman–Crippen LogP) is 2.66. The van der Waals surface area contributed by atoms with Crippen LogP contribution in [0.3, 0.4) is 0 Å². The number of nitriles is 1. The summed E-state index contributed by atoms with van der Waals surface area (Å²) in [5, 5.41) is 13.1. The molecule has 1 aliphatic heterocycles. The lowest BCUT2D eigenvalue weighted by Gasteiger charge is -2.34. The van der Waals surface area contributed by atoms with Gasteiger partial charge in [0.2, 0.25) is 5.91 Å². The van der Waals surface area contributed by atoms with E-state index in [1.54, 1.807) is 6.20 Å². The quantitative estimate of drug-likeness (QED) is 0.921. The fraction of sp³-hybridized carbons (Fsp3) is 0.389. The van der Waals surface area contributed by atoms with Crippen molar-refractivity contribution in [3.63, 3.8) is 0 Å². The molecule has 1 saturated heterocycles. The summed E-state index contributed by atoms with van der Waals surface area (Å²) in [5.74, 6) is -0.357. The Labute approximate surface area is 140 Å². The van der Waals surface area contributed by atoms with Gasteiger partial charge < -0.3 is 10.2 Å². The summed E-state index contributed by atoms with van der Waals surface area (Å²) in [4.78, 5) is 17.6. The third-order valence-corrected chi connectivity index (χ3v) is 4.44. The van der Waals surface area contributed by atoms with E-state index in [2.05, 4.69) is 21.3 Å². The van der Waals surface area contributed by atoms with Crippen LogP contribution in [0.15, 0.2) is 18.3 Å². The Morgan fingerprint density at radius 1 is 1.42 bits per heavy atom. The molecule has 1 N–H and O–H groups in total. The molecule has 1 amide bonds. The largest absolute Gasteiger partial charge is 0.370 e. The number of amides is 1. The van der Waals surface area contributed by atoms with Crippen molar-refractivity contribution < 1.29 is 9.18 Å². The van der Waals surface area contributed by atoms with Crippen LogP contribution in [0.4, 0.5) is 10.1 Å². The van der Waals surface area contributed by atoms with E-state index in [4.69, 9.17) is 0 Å². The van der Waals surface area contributed by atoms with E-state index in [0.29, 0.717) is 24.0 Å². The van der Waals surface area contributed by atoms with Crippen molar-refractivity contribution in [1.29, 1.82) is 5.26 Å². The van der Waals surface area contributed by atoms with Gasteiger partial charge in [-0.25, -0.2) is 4.39 Å².